The molecular weight excluding hydrogens is 218 g/mol. The SMILES string of the molecule is O=S(=O)(CCO)N(CCO)C1CCCC1. The van der Waals surface area contributed by atoms with E-state index in [4.69, 9.17) is 10.2 Å². The van der Waals surface area contributed by atoms with Gasteiger partial charge in [0.15, 0.2) is 0 Å². The van der Waals surface area contributed by atoms with Gasteiger partial charge in [-0.1, -0.05) is 12.8 Å². The van der Waals surface area contributed by atoms with Crippen LogP contribution in [0.1, 0.15) is 25.7 Å². The lowest BCUT2D eigenvalue weighted by atomic mass is 10.2. The number of sulfonamides is 1. The average Bonchev–Trinajstić information content (AvgIpc) is 2.66. The summed E-state index contributed by atoms with van der Waals surface area (Å²) in [6, 6.07) is 0.0219. The van der Waals surface area contributed by atoms with Crippen molar-refractivity contribution in [2.75, 3.05) is 25.5 Å². The molecule has 6 heteroatoms. The van der Waals surface area contributed by atoms with Crippen LogP contribution in [0.5, 0.6) is 0 Å². The van der Waals surface area contributed by atoms with Crippen molar-refractivity contribution in [1.29, 1.82) is 0 Å². The van der Waals surface area contributed by atoms with E-state index >= 15 is 0 Å². The van der Waals surface area contributed by atoms with E-state index in [1.165, 1.54) is 4.31 Å². The first-order chi connectivity index (χ1) is 7.11. The van der Waals surface area contributed by atoms with Crippen LogP contribution in [0.3, 0.4) is 0 Å². The van der Waals surface area contributed by atoms with Crippen LogP contribution in [0, 0.1) is 0 Å². The van der Waals surface area contributed by atoms with E-state index in [0.29, 0.717) is 0 Å². The standard InChI is InChI=1S/C9H19NO4S/c11-6-5-10(9-3-1-2-4-9)15(13,14)8-7-12/h9,11-12H,1-8H2. The fraction of sp³-hybridized carbons (Fsp3) is 1.00. The summed E-state index contributed by atoms with van der Waals surface area (Å²) in [6.07, 6.45) is 3.82. The molecule has 0 aromatic carbocycles. The van der Waals surface area contributed by atoms with Crippen molar-refractivity contribution in [2.24, 2.45) is 0 Å². The zero-order valence-corrected chi connectivity index (χ0v) is 9.62. The topological polar surface area (TPSA) is 77.8 Å². The fourth-order valence-electron chi connectivity index (χ4n) is 2.07. The van der Waals surface area contributed by atoms with Gasteiger partial charge in [0.2, 0.25) is 10.0 Å². The van der Waals surface area contributed by atoms with Gasteiger partial charge in [-0.05, 0) is 12.8 Å². The molecule has 15 heavy (non-hydrogen) atoms. The zero-order valence-electron chi connectivity index (χ0n) is 8.80. The molecule has 0 aromatic rings. The van der Waals surface area contributed by atoms with Gasteiger partial charge in [-0.15, -0.1) is 0 Å². The highest BCUT2D eigenvalue weighted by atomic mass is 32.2. The van der Waals surface area contributed by atoms with E-state index < -0.39 is 10.0 Å². The van der Waals surface area contributed by atoms with Crippen molar-refractivity contribution in [3.8, 4) is 0 Å². The molecule has 0 amide bonds. The first-order valence-electron chi connectivity index (χ1n) is 5.33. The van der Waals surface area contributed by atoms with Crippen LogP contribution in [-0.4, -0.2) is 54.5 Å². The number of rotatable bonds is 6. The van der Waals surface area contributed by atoms with Gasteiger partial charge in [-0.25, -0.2) is 8.42 Å². The van der Waals surface area contributed by atoms with E-state index in [2.05, 4.69) is 0 Å². The molecule has 0 aromatic heterocycles. The summed E-state index contributed by atoms with van der Waals surface area (Å²) in [5.41, 5.74) is 0. The van der Waals surface area contributed by atoms with Crippen LogP contribution >= 0.6 is 0 Å². The second-order valence-electron chi connectivity index (χ2n) is 3.81. The van der Waals surface area contributed by atoms with Gasteiger partial charge in [0.25, 0.3) is 0 Å². The second kappa shape index (κ2) is 5.79. The molecule has 1 fully saturated rings. The van der Waals surface area contributed by atoms with Gasteiger partial charge >= 0.3 is 0 Å². The monoisotopic (exact) mass is 237 g/mol. The highest BCUT2D eigenvalue weighted by Crippen LogP contribution is 2.25. The Morgan fingerprint density at radius 3 is 2.20 bits per heavy atom. The second-order valence-corrected chi connectivity index (χ2v) is 5.85. The summed E-state index contributed by atoms with van der Waals surface area (Å²) in [5, 5.41) is 17.6. The molecule has 0 radical (unpaired) electrons. The highest BCUT2D eigenvalue weighted by molar-refractivity contribution is 7.89. The molecule has 1 aliphatic carbocycles. The normalized spacial score (nSPS) is 18.9. The van der Waals surface area contributed by atoms with Crippen LogP contribution in [0.15, 0.2) is 0 Å². The van der Waals surface area contributed by atoms with Crippen LogP contribution in [0.4, 0.5) is 0 Å². The number of hydrogen-bond acceptors (Lipinski definition) is 4. The van der Waals surface area contributed by atoms with Crippen molar-refractivity contribution in [3.63, 3.8) is 0 Å². The van der Waals surface area contributed by atoms with Gasteiger partial charge in [0, 0.05) is 12.6 Å². The van der Waals surface area contributed by atoms with Crippen molar-refractivity contribution < 1.29 is 18.6 Å². The molecule has 0 unspecified atom stereocenters. The first kappa shape index (κ1) is 12.9. The third-order valence-electron chi connectivity index (χ3n) is 2.76. The molecule has 0 bridgehead atoms. The Labute approximate surface area is 90.8 Å². The molecule has 0 aliphatic heterocycles. The summed E-state index contributed by atoms with van der Waals surface area (Å²) in [4.78, 5) is 0. The van der Waals surface area contributed by atoms with E-state index in [0.717, 1.165) is 25.7 Å². The molecule has 0 spiro atoms. The number of hydrogen-bond donors (Lipinski definition) is 2. The number of aliphatic hydroxyl groups is 2. The van der Waals surface area contributed by atoms with Crippen molar-refractivity contribution in [3.05, 3.63) is 0 Å². The van der Waals surface area contributed by atoms with Gasteiger partial charge in [-0.3, -0.25) is 0 Å². The summed E-state index contributed by atoms with van der Waals surface area (Å²) in [6.45, 7) is -0.384. The summed E-state index contributed by atoms with van der Waals surface area (Å²) in [7, 11) is -3.39. The summed E-state index contributed by atoms with van der Waals surface area (Å²) >= 11 is 0. The Balaban J connectivity index is 2.71. The fourth-order valence-corrected chi connectivity index (χ4v) is 3.56. The van der Waals surface area contributed by atoms with E-state index in [1.54, 1.807) is 0 Å². The molecule has 0 saturated heterocycles. The molecule has 5 nitrogen and oxygen atoms in total. The van der Waals surface area contributed by atoms with Gasteiger partial charge in [0.05, 0.1) is 19.0 Å². The summed E-state index contributed by atoms with van der Waals surface area (Å²) in [5.74, 6) is -0.247. The van der Waals surface area contributed by atoms with Gasteiger partial charge in [-0.2, -0.15) is 4.31 Å². The minimum absolute atomic E-state index is 0.0219. The maximum Gasteiger partial charge on any atom is 0.216 e. The largest absolute Gasteiger partial charge is 0.395 e. The third kappa shape index (κ3) is 3.41. The Bertz CT molecular complexity index is 272. The summed E-state index contributed by atoms with van der Waals surface area (Å²) < 4.78 is 24.9. The molecule has 0 heterocycles. The lowest BCUT2D eigenvalue weighted by Crippen LogP contribution is -2.42. The first-order valence-corrected chi connectivity index (χ1v) is 6.94. The molecule has 90 valence electrons. The van der Waals surface area contributed by atoms with Crippen LogP contribution < -0.4 is 0 Å². The Hall–Kier alpha value is -0.170. The number of aliphatic hydroxyl groups excluding tert-OH is 2. The minimum Gasteiger partial charge on any atom is -0.395 e. The lowest BCUT2D eigenvalue weighted by Gasteiger charge is -2.26. The quantitative estimate of drug-likeness (QED) is 0.655. The smallest absolute Gasteiger partial charge is 0.216 e. The molecule has 1 saturated carbocycles. The van der Waals surface area contributed by atoms with Crippen LogP contribution in [0.2, 0.25) is 0 Å². The Morgan fingerprint density at radius 1 is 1.13 bits per heavy atom. The number of nitrogens with zero attached hydrogens (tertiary/aromatic N) is 1. The third-order valence-corrected chi connectivity index (χ3v) is 4.65. The highest BCUT2D eigenvalue weighted by Gasteiger charge is 2.30. The molecule has 2 N–H and O–H groups in total. The molecular formula is C9H19NO4S. The molecule has 1 aliphatic rings. The van der Waals surface area contributed by atoms with E-state index in [1.807, 2.05) is 0 Å². The maximum absolute atomic E-state index is 11.8. The Morgan fingerprint density at radius 2 is 1.73 bits per heavy atom. The maximum atomic E-state index is 11.8. The van der Waals surface area contributed by atoms with E-state index in [-0.39, 0.29) is 31.6 Å². The predicted molar refractivity (Wildman–Crippen MR) is 56.9 cm³/mol. The minimum atomic E-state index is -3.39. The van der Waals surface area contributed by atoms with Gasteiger partial charge in [0.1, 0.15) is 0 Å². The zero-order chi connectivity index (χ0) is 11.3. The predicted octanol–water partition coefficient (Wildman–Crippen LogP) is -0.455. The van der Waals surface area contributed by atoms with E-state index in [9.17, 15) is 8.42 Å². The lowest BCUT2D eigenvalue weighted by molar-refractivity contribution is 0.224. The molecule has 0 atom stereocenters. The van der Waals surface area contributed by atoms with Crippen molar-refractivity contribution >= 4 is 10.0 Å². The van der Waals surface area contributed by atoms with Crippen molar-refractivity contribution in [1.82, 2.24) is 4.31 Å². The Kier molecular flexibility index (Phi) is 4.98. The van der Waals surface area contributed by atoms with Crippen LogP contribution in [0.25, 0.3) is 0 Å². The van der Waals surface area contributed by atoms with Gasteiger partial charge < -0.3 is 10.2 Å². The molecule has 1 rings (SSSR count). The van der Waals surface area contributed by atoms with Crippen LogP contribution in [-0.2, 0) is 10.0 Å². The average molecular weight is 237 g/mol. The van der Waals surface area contributed by atoms with Crippen molar-refractivity contribution in [2.45, 2.75) is 31.7 Å².